The molecule has 3 aromatic rings. The van der Waals surface area contributed by atoms with E-state index in [0.29, 0.717) is 31.1 Å². The third kappa shape index (κ3) is 4.26. The fourth-order valence-corrected chi connectivity index (χ4v) is 3.99. The average molecular weight is 440 g/mol. The van der Waals surface area contributed by atoms with Gasteiger partial charge in [0.05, 0.1) is 17.0 Å². The van der Waals surface area contributed by atoms with Crippen molar-refractivity contribution < 1.29 is 18.1 Å². The number of nitrogens with zero attached hydrogens (tertiary/aromatic N) is 4. The molecular weight excluding hydrogens is 414 g/mol. The average Bonchev–Trinajstić information content (AvgIpc) is 3.18. The lowest BCUT2D eigenvalue weighted by Gasteiger charge is -2.33. The van der Waals surface area contributed by atoms with E-state index < -0.39 is 23.1 Å². The van der Waals surface area contributed by atoms with Gasteiger partial charge in [-0.25, -0.2) is 18.7 Å². The zero-order valence-electron chi connectivity index (χ0n) is 18.7. The molecular formula is C24H26F2N4O2. The van der Waals surface area contributed by atoms with Crippen molar-refractivity contribution in [3.63, 3.8) is 0 Å². The molecule has 0 N–H and O–H groups in total. The van der Waals surface area contributed by atoms with Gasteiger partial charge in [0, 0.05) is 36.7 Å². The first-order valence-corrected chi connectivity index (χ1v) is 10.7. The quantitative estimate of drug-likeness (QED) is 0.571. The lowest BCUT2D eigenvalue weighted by Crippen LogP contribution is -2.40. The lowest BCUT2D eigenvalue weighted by atomic mass is 9.89. The van der Waals surface area contributed by atoms with Crippen molar-refractivity contribution in [2.75, 3.05) is 13.1 Å². The Kier molecular flexibility index (Phi) is 5.79. The molecule has 8 heteroatoms. The van der Waals surface area contributed by atoms with Crippen molar-refractivity contribution >= 4 is 5.91 Å². The van der Waals surface area contributed by atoms with Crippen LogP contribution in [0.4, 0.5) is 8.78 Å². The zero-order chi connectivity index (χ0) is 23.0. The van der Waals surface area contributed by atoms with E-state index in [1.807, 2.05) is 33.8 Å². The highest BCUT2D eigenvalue weighted by Gasteiger charge is 2.32. The molecule has 3 heterocycles. The van der Waals surface area contributed by atoms with Crippen LogP contribution in [-0.2, 0) is 5.41 Å². The molecule has 6 nitrogen and oxygen atoms in total. The van der Waals surface area contributed by atoms with E-state index >= 15 is 0 Å². The molecule has 1 atom stereocenters. The van der Waals surface area contributed by atoms with E-state index in [1.54, 1.807) is 6.20 Å². The first kappa shape index (κ1) is 22.0. The maximum atomic E-state index is 14.2. The van der Waals surface area contributed by atoms with E-state index in [0.717, 1.165) is 35.5 Å². The fraction of sp³-hybridized carbons (Fsp3) is 0.417. The molecule has 1 aliphatic heterocycles. The molecule has 168 valence electrons. The number of hydrogen-bond acceptors (Lipinski definition) is 5. The van der Waals surface area contributed by atoms with Crippen LogP contribution in [0.2, 0.25) is 0 Å². The first-order chi connectivity index (χ1) is 15.1. The molecule has 0 aliphatic carbocycles. The summed E-state index contributed by atoms with van der Waals surface area (Å²) >= 11 is 0. The van der Waals surface area contributed by atoms with Gasteiger partial charge in [-0.1, -0.05) is 32.0 Å². The summed E-state index contributed by atoms with van der Waals surface area (Å²) in [4.78, 5) is 23.9. The molecule has 1 amide bonds. The summed E-state index contributed by atoms with van der Waals surface area (Å²) in [5.74, 6) is -1.25. The van der Waals surface area contributed by atoms with Gasteiger partial charge in [0.2, 0.25) is 0 Å². The number of piperidine rings is 1. The minimum Gasteiger partial charge on any atom is -0.356 e. The summed E-state index contributed by atoms with van der Waals surface area (Å²) in [5.41, 5.74) is 1.42. The van der Waals surface area contributed by atoms with Crippen LogP contribution < -0.4 is 0 Å². The Morgan fingerprint density at radius 2 is 1.94 bits per heavy atom. The van der Waals surface area contributed by atoms with Crippen molar-refractivity contribution in [1.29, 1.82) is 0 Å². The molecule has 1 aliphatic rings. The van der Waals surface area contributed by atoms with Gasteiger partial charge in [0.1, 0.15) is 23.0 Å². The molecule has 0 spiro atoms. The fourth-order valence-electron chi connectivity index (χ4n) is 3.99. The van der Waals surface area contributed by atoms with Gasteiger partial charge in [-0.15, -0.1) is 0 Å². The van der Waals surface area contributed by atoms with Crippen LogP contribution in [0, 0.1) is 18.6 Å². The van der Waals surface area contributed by atoms with Crippen LogP contribution in [0.5, 0.6) is 0 Å². The van der Waals surface area contributed by atoms with E-state index in [1.165, 1.54) is 11.0 Å². The Labute approximate surface area is 185 Å². The van der Waals surface area contributed by atoms with Gasteiger partial charge in [0.15, 0.2) is 5.76 Å². The highest BCUT2D eigenvalue weighted by Crippen LogP contribution is 2.35. The number of aromatic nitrogens is 3. The smallest absolute Gasteiger partial charge is 0.259 e. The van der Waals surface area contributed by atoms with Gasteiger partial charge in [-0.05, 0) is 31.9 Å². The third-order valence-electron chi connectivity index (χ3n) is 5.65. The number of benzene rings is 1. The predicted octanol–water partition coefficient (Wildman–Crippen LogP) is 5.04. The zero-order valence-corrected chi connectivity index (χ0v) is 18.7. The molecule has 0 radical (unpaired) electrons. The molecule has 1 fully saturated rings. The standard InChI is InChI=1S/C24H26F2N4O2/c1-14-11-19(32-29-14)16-12-27-23(24(2,3)4)28-21(16)15-7-6-10-30(13-15)22(31)20-17(25)8-5-9-18(20)26/h5,8-9,11-12,15H,6-7,10,13H2,1-4H3. The molecule has 1 saturated heterocycles. The second-order valence-electron chi connectivity index (χ2n) is 9.26. The summed E-state index contributed by atoms with van der Waals surface area (Å²) in [6.07, 6.45) is 3.21. The Hall–Kier alpha value is -3.16. The van der Waals surface area contributed by atoms with Crippen molar-refractivity contribution in [2.45, 2.75) is 51.9 Å². The Morgan fingerprint density at radius 3 is 2.56 bits per heavy atom. The third-order valence-corrected chi connectivity index (χ3v) is 5.65. The normalized spacial score (nSPS) is 16.9. The van der Waals surface area contributed by atoms with Crippen LogP contribution in [0.15, 0.2) is 35.0 Å². The predicted molar refractivity (Wildman–Crippen MR) is 115 cm³/mol. The largest absolute Gasteiger partial charge is 0.356 e. The van der Waals surface area contributed by atoms with Crippen LogP contribution in [0.3, 0.4) is 0 Å². The molecule has 4 rings (SSSR count). The SMILES string of the molecule is Cc1cc(-c2cnc(C(C)(C)C)nc2C2CCCN(C(=O)c3c(F)cccc3F)C2)on1. The maximum Gasteiger partial charge on any atom is 0.259 e. The van der Waals surface area contributed by atoms with Crippen molar-refractivity contribution in [2.24, 2.45) is 0 Å². The molecule has 0 bridgehead atoms. The first-order valence-electron chi connectivity index (χ1n) is 10.7. The van der Waals surface area contributed by atoms with Crippen molar-refractivity contribution in [1.82, 2.24) is 20.0 Å². The highest BCUT2D eigenvalue weighted by molar-refractivity contribution is 5.95. The second kappa shape index (κ2) is 8.41. The Morgan fingerprint density at radius 1 is 1.22 bits per heavy atom. The summed E-state index contributed by atoms with van der Waals surface area (Å²) < 4.78 is 33.9. The van der Waals surface area contributed by atoms with Gasteiger partial charge < -0.3 is 9.42 Å². The van der Waals surface area contributed by atoms with Gasteiger partial charge in [-0.3, -0.25) is 4.79 Å². The number of carbonyl (C=O) groups is 1. The van der Waals surface area contributed by atoms with Gasteiger partial charge >= 0.3 is 0 Å². The minimum absolute atomic E-state index is 0.132. The summed E-state index contributed by atoms with van der Waals surface area (Å²) in [6.45, 7) is 8.65. The maximum absolute atomic E-state index is 14.2. The van der Waals surface area contributed by atoms with E-state index in [-0.39, 0.29) is 11.3 Å². The van der Waals surface area contributed by atoms with Gasteiger partial charge in [-0.2, -0.15) is 0 Å². The molecule has 32 heavy (non-hydrogen) atoms. The lowest BCUT2D eigenvalue weighted by molar-refractivity contribution is 0.0696. The molecule has 1 aromatic carbocycles. The molecule has 2 aromatic heterocycles. The highest BCUT2D eigenvalue weighted by atomic mass is 19.1. The summed E-state index contributed by atoms with van der Waals surface area (Å²) in [6, 6.07) is 5.27. The summed E-state index contributed by atoms with van der Waals surface area (Å²) in [5, 5.41) is 3.97. The van der Waals surface area contributed by atoms with Crippen molar-refractivity contribution in [3.05, 3.63) is 64.9 Å². The van der Waals surface area contributed by atoms with Crippen LogP contribution in [0.25, 0.3) is 11.3 Å². The Balaban J connectivity index is 1.71. The van der Waals surface area contributed by atoms with Crippen molar-refractivity contribution in [3.8, 4) is 11.3 Å². The number of rotatable bonds is 3. The number of amides is 1. The topological polar surface area (TPSA) is 72.1 Å². The number of hydrogen-bond donors (Lipinski definition) is 0. The van der Waals surface area contributed by atoms with E-state index in [9.17, 15) is 13.6 Å². The van der Waals surface area contributed by atoms with Gasteiger partial charge in [0.25, 0.3) is 5.91 Å². The van der Waals surface area contributed by atoms with E-state index in [4.69, 9.17) is 9.51 Å². The van der Waals surface area contributed by atoms with E-state index in [2.05, 4.69) is 10.1 Å². The Bertz CT molecular complexity index is 1130. The van der Waals surface area contributed by atoms with Crippen LogP contribution >= 0.6 is 0 Å². The number of halogens is 2. The number of likely N-dealkylation sites (tertiary alicyclic amines) is 1. The minimum atomic E-state index is -0.855. The summed E-state index contributed by atoms with van der Waals surface area (Å²) in [7, 11) is 0. The monoisotopic (exact) mass is 440 g/mol. The van der Waals surface area contributed by atoms with Crippen LogP contribution in [0.1, 0.15) is 67.1 Å². The molecule has 0 saturated carbocycles. The number of carbonyl (C=O) groups excluding carboxylic acids is 1. The van der Waals surface area contributed by atoms with Crippen LogP contribution in [-0.4, -0.2) is 39.0 Å². The second-order valence-corrected chi connectivity index (χ2v) is 9.26. The number of aryl methyl sites for hydroxylation is 1. The molecule has 1 unspecified atom stereocenters.